The van der Waals surface area contributed by atoms with Crippen molar-refractivity contribution in [2.24, 2.45) is 0 Å². The van der Waals surface area contributed by atoms with Crippen molar-refractivity contribution in [2.45, 2.75) is 51.0 Å². The van der Waals surface area contributed by atoms with E-state index >= 15 is 0 Å². The van der Waals surface area contributed by atoms with E-state index < -0.39 is 5.60 Å². The average Bonchev–Trinajstić information content (AvgIpc) is 2.66. The van der Waals surface area contributed by atoms with E-state index in [-0.39, 0.29) is 12.6 Å². The minimum Gasteiger partial charge on any atom is -0.392 e. The molecule has 0 amide bonds. The van der Waals surface area contributed by atoms with E-state index in [9.17, 15) is 5.11 Å². The van der Waals surface area contributed by atoms with E-state index in [1.807, 2.05) is 31.2 Å². The number of aliphatic hydroxyl groups is 2. The molecule has 1 aliphatic carbocycles. The maximum Gasteiger partial charge on any atom is 0.0772 e. The van der Waals surface area contributed by atoms with Crippen LogP contribution in [0.5, 0.6) is 0 Å². The lowest BCUT2D eigenvalue weighted by Crippen LogP contribution is -2.44. The van der Waals surface area contributed by atoms with Gasteiger partial charge in [-0.15, -0.1) is 0 Å². The highest BCUT2D eigenvalue weighted by atomic mass is 16.3. The van der Waals surface area contributed by atoms with Gasteiger partial charge in [-0.1, -0.05) is 24.3 Å². The molecule has 0 heterocycles. The van der Waals surface area contributed by atoms with Gasteiger partial charge < -0.3 is 15.5 Å². The molecule has 3 heteroatoms. The Labute approximate surface area is 102 Å². The van der Waals surface area contributed by atoms with Crippen LogP contribution in [0.3, 0.4) is 0 Å². The summed E-state index contributed by atoms with van der Waals surface area (Å²) in [6.07, 6.45) is 3.02. The Bertz CT molecular complexity index is 359. The number of aliphatic hydroxyl groups excluding tert-OH is 1. The molecule has 0 aliphatic heterocycles. The zero-order valence-corrected chi connectivity index (χ0v) is 10.3. The van der Waals surface area contributed by atoms with Crippen molar-refractivity contribution in [3.8, 4) is 0 Å². The van der Waals surface area contributed by atoms with Crippen LogP contribution in [0, 0.1) is 0 Å². The van der Waals surface area contributed by atoms with Crippen molar-refractivity contribution in [2.75, 3.05) is 0 Å². The lowest BCUT2D eigenvalue weighted by Gasteiger charge is -2.26. The zero-order chi connectivity index (χ0) is 12.3. The Morgan fingerprint density at radius 2 is 1.94 bits per heavy atom. The molecule has 0 spiro atoms. The largest absolute Gasteiger partial charge is 0.392 e. The van der Waals surface area contributed by atoms with Gasteiger partial charge in [-0.2, -0.15) is 0 Å². The van der Waals surface area contributed by atoms with Gasteiger partial charge >= 0.3 is 0 Å². The van der Waals surface area contributed by atoms with Crippen molar-refractivity contribution < 1.29 is 10.2 Å². The summed E-state index contributed by atoms with van der Waals surface area (Å²) in [4.78, 5) is 0. The molecule has 3 N–H and O–H groups in total. The Morgan fingerprint density at radius 1 is 1.29 bits per heavy atom. The summed E-state index contributed by atoms with van der Waals surface area (Å²) in [7, 11) is 0. The molecular formula is C14H21NO2. The van der Waals surface area contributed by atoms with Crippen molar-refractivity contribution in [3.63, 3.8) is 0 Å². The van der Waals surface area contributed by atoms with Crippen LogP contribution in [0.4, 0.5) is 0 Å². The molecule has 3 nitrogen and oxygen atoms in total. The normalized spacial score (nSPS) is 28.5. The van der Waals surface area contributed by atoms with Crippen LogP contribution in [-0.4, -0.2) is 21.9 Å². The Morgan fingerprint density at radius 3 is 2.47 bits per heavy atom. The van der Waals surface area contributed by atoms with Gasteiger partial charge in [0.05, 0.1) is 12.2 Å². The lowest BCUT2D eigenvalue weighted by molar-refractivity contribution is 0.0387. The smallest absolute Gasteiger partial charge is 0.0772 e. The summed E-state index contributed by atoms with van der Waals surface area (Å²) in [5.74, 6) is 0. The fourth-order valence-corrected chi connectivity index (χ4v) is 2.47. The minimum atomic E-state index is -0.564. The zero-order valence-electron chi connectivity index (χ0n) is 10.3. The SMILES string of the molecule is CC1(O)CCCC1NCc1ccc(CO)cc1. The summed E-state index contributed by atoms with van der Waals surface area (Å²) >= 11 is 0. The summed E-state index contributed by atoms with van der Waals surface area (Å²) in [6, 6.07) is 8.10. The third kappa shape index (κ3) is 3.06. The van der Waals surface area contributed by atoms with Gasteiger partial charge in [0.1, 0.15) is 0 Å². The van der Waals surface area contributed by atoms with Crippen molar-refractivity contribution in [3.05, 3.63) is 35.4 Å². The third-order valence-corrected chi connectivity index (χ3v) is 3.68. The first-order valence-corrected chi connectivity index (χ1v) is 6.26. The highest BCUT2D eigenvalue weighted by Crippen LogP contribution is 2.29. The molecule has 94 valence electrons. The fourth-order valence-electron chi connectivity index (χ4n) is 2.47. The van der Waals surface area contributed by atoms with Gasteiger partial charge in [0.25, 0.3) is 0 Å². The Balaban J connectivity index is 1.89. The van der Waals surface area contributed by atoms with Crippen LogP contribution in [-0.2, 0) is 13.2 Å². The van der Waals surface area contributed by atoms with E-state index in [4.69, 9.17) is 5.11 Å². The Kier molecular flexibility index (Phi) is 3.82. The Hall–Kier alpha value is -0.900. The number of hydrogen-bond donors (Lipinski definition) is 3. The summed E-state index contributed by atoms with van der Waals surface area (Å²) < 4.78 is 0. The summed E-state index contributed by atoms with van der Waals surface area (Å²) in [6.45, 7) is 2.77. The second-order valence-corrected chi connectivity index (χ2v) is 5.16. The first-order chi connectivity index (χ1) is 8.12. The monoisotopic (exact) mass is 235 g/mol. The molecule has 2 unspecified atom stereocenters. The molecule has 2 atom stereocenters. The molecular weight excluding hydrogens is 214 g/mol. The molecule has 0 aromatic heterocycles. The van der Waals surface area contributed by atoms with Crippen molar-refractivity contribution in [1.29, 1.82) is 0 Å². The van der Waals surface area contributed by atoms with E-state index in [2.05, 4.69) is 5.32 Å². The first kappa shape index (κ1) is 12.6. The molecule has 0 saturated heterocycles. The minimum absolute atomic E-state index is 0.0883. The molecule has 1 fully saturated rings. The van der Waals surface area contributed by atoms with Crippen molar-refractivity contribution in [1.82, 2.24) is 5.32 Å². The fraction of sp³-hybridized carbons (Fsp3) is 0.571. The number of hydrogen-bond acceptors (Lipinski definition) is 3. The van der Waals surface area contributed by atoms with E-state index in [0.29, 0.717) is 0 Å². The van der Waals surface area contributed by atoms with Crippen LogP contribution in [0.25, 0.3) is 0 Å². The van der Waals surface area contributed by atoms with Gasteiger partial charge in [-0.05, 0) is 37.3 Å². The highest BCUT2D eigenvalue weighted by Gasteiger charge is 2.36. The predicted octanol–water partition coefficient (Wildman–Crippen LogP) is 1.57. The van der Waals surface area contributed by atoms with Crippen LogP contribution in [0.15, 0.2) is 24.3 Å². The lowest BCUT2D eigenvalue weighted by atomic mass is 10.0. The number of benzene rings is 1. The highest BCUT2D eigenvalue weighted by molar-refractivity contribution is 5.22. The van der Waals surface area contributed by atoms with Crippen LogP contribution in [0.2, 0.25) is 0 Å². The van der Waals surface area contributed by atoms with Gasteiger partial charge in [-0.25, -0.2) is 0 Å². The maximum absolute atomic E-state index is 10.1. The van der Waals surface area contributed by atoms with Crippen molar-refractivity contribution >= 4 is 0 Å². The standard InChI is InChI=1S/C14H21NO2/c1-14(17)8-2-3-13(14)15-9-11-4-6-12(10-16)7-5-11/h4-7,13,15-17H,2-3,8-10H2,1H3. The molecule has 17 heavy (non-hydrogen) atoms. The van der Waals surface area contributed by atoms with E-state index in [1.165, 1.54) is 5.56 Å². The van der Waals surface area contributed by atoms with E-state index in [0.717, 1.165) is 31.4 Å². The number of nitrogens with one attached hydrogen (secondary N) is 1. The first-order valence-electron chi connectivity index (χ1n) is 6.26. The molecule has 0 bridgehead atoms. The van der Waals surface area contributed by atoms with Gasteiger partial charge in [0.15, 0.2) is 0 Å². The number of rotatable bonds is 4. The second-order valence-electron chi connectivity index (χ2n) is 5.16. The molecule has 1 saturated carbocycles. The molecule has 0 radical (unpaired) electrons. The van der Waals surface area contributed by atoms with Gasteiger partial charge in [0, 0.05) is 12.6 Å². The topological polar surface area (TPSA) is 52.5 Å². The maximum atomic E-state index is 10.1. The molecule has 1 aromatic rings. The van der Waals surface area contributed by atoms with Gasteiger partial charge in [0.2, 0.25) is 0 Å². The third-order valence-electron chi connectivity index (χ3n) is 3.68. The van der Waals surface area contributed by atoms with Crippen LogP contribution < -0.4 is 5.32 Å². The molecule has 1 aromatic carbocycles. The van der Waals surface area contributed by atoms with E-state index in [1.54, 1.807) is 0 Å². The van der Waals surface area contributed by atoms with Crippen LogP contribution in [0.1, 0.15) is 37.3 Å². The average molecular weight is 235 g/mol. The quantitative estimate of drug-likeness (QED) is 0.742. The van der Waals surface area contributed by atoms with Gasteiger partial charge in [-0.3, -0.25) is 0 Å². The predicted molar refractivity (Wildman–Crippen MR) is 67.5 cm³/mol. The molecule has 1 aliphatic rings. The second kappa shape index (κ2) is 5.17. The summed E-state index contributed by atoms with van der Waals surface area (Å²) in [5, 5.41) is 22.5. The summed E-state index contributed by atoms with van der Waals surface area (Å²) in [5.41, 5.74) is 1.55. The van der Waals surface area contributed by atoms with Crippen LogP contribution >= 0.6 is 0 Å². The molecule has 2 rings (SSSR count).